The maximum atomic E-state index is 12.4. The third-order valence-electron chi connectivity index (χ3n) is 2.20. The minimum atomic E-state index is -3.52. The van der Waals surface area contributed by atoms with Crippen LogP contribution < -0.4 is 0 Å². The van der Waals surface area contributed by atoms with Crippen LogP contribution >= 0.6 is 7.60 Å². The summed E-state index contributed by atoms with van der Waals surface area (Å²) in [5, 5.41) is 0. The third-order valence-corrected chi connectivity index (χ3v) is 4.03. The lowest BCUT2D eigenvalue weighted by molar-refractivity contribution is 0.0556. The molecule has 1 rings (SSSR count). The fourth-order valence-corrected chi connectivity index (χ4v) is 3.04. The molecule has 0 saturated carbocycles. The summed E-state index contributed by atoms with van der Waals surface area (Å²) in [6.07, 6.45) is -0.573. The predicted molar refractivity (Wildman–Crippen MR) is 84.5 cm³/mol. The molecule has 0 aliphatic rings. The highest BCUT2D eigenvalue weighted by atomic mass is 31.2. The Morgan fingerprint density at radius 1 is 1.09 bits per heavy atom. The number of carbonyl (C=O) groups excluding carboxylic acids is 1. The van der Waals surface area contributed by atoms with E-state index in [1.165, 1.54) is 0 Å². The number of esters is 1. The molecule has 0 spiro atoms. The molecule has 0 radical (unpaired) electrons. The Bertz CT molecular complexity index is 570. The molecule has 5 nitrogen and oxygen atoms in total. The number of carbonyl (C=O) groups is 1. The largest absolute Gasteiger partial charge is 0.449 e. The minimum Gasteiger partial charge on any atom is -0.449 e. The molecule has 0 aromatic heterocycles. The molecule has 0 amide bonds. The van der Waals surface area contributed by atoms with Gasteiger partial charge in [0.15, 0.2) is 6.61 Å². The number of hydrogen-bond donors (Lipinski definition) is 0. The van der Waals surface area contributed by atoms with Crippen molar-refractivity contribution >= 4 is 13.6 Å². The maximum absolute atomic E-state index is 12.4. The van der Waals surface area contributed by atoms with E-state index in [1.807, 2.05) is 0 Å². The Labute approximate surface area is 131 Å². The second kappa shape index (κ2) is 8.75. The Hall–Kier alpha value is -1.60. The summed E-state index contributed by atoms with van der Waals surface area (Å²) in [5.74, 6) is 2.04. The fourth-order valence-electron chi connectivity index (χ4n) is 1.52. The van der Waals surface area contributed by atoms with Gasteiger partial charge in [-0.25, -0.2) is 9.36 Å². The monoisotopic (exact) mass is 324 g/mol. The first-order chi connectivity index (χ1) is 10.3. The number of rotatable bonds is 6. The summed E-state index contributed by atoms with van der Waals surface area (Å²) in [6, 6.07) is 8.57. The predicted octanol–water partition coefficient (Wildman–Crippen LogP) is 3.85. The molecule has 0 aliphatic heterocycles. The first kappa shape index (κ1) is 18.4. The van der Waals surface area contributed by atoms with Crippen molar-refractivity contribution in [3.8, 4) is 11.6 Å². The lowest BCUT2D eigenvalue weighted by atomic mass is 10.2. The molecule has 0 saturated heterocycles. The van der Waals surface area contributed by atoms with E-state index in [4.69, 9.17) is 13.8 Å². The SMILES string of the molecule is CC(C)OP(=O)(C#CCOC(=O)c1ccccc1)OC(C)C. The van der Waals surface area contributed by atoms with Crippen LogP contribution in [0.2, 0.25) is 0 Å². The summed E-state index contributed by atoms with van der Waals surface area (Å²) >= 11 is 0. The Morgan fingerprint density at radius 2 is 1.64 bits per heavy atom. The van der Waals surface area contributed by atoms with E-state index in [-0.39, 0.29) is 18.8 Å². The molecular formula is C16H21O5P. The first-order valence-corrected chi connectivity index (χ1v) is 8.56. The van der Waals surface area contributed by atoms with Gasteiger partial charge in [-0.1, -0.05) is 18.2 Å². The van der Waals surface area contributed by atoms with Gasteiger partial charge in [-0.15, -0.1) is 0 Å². The van der Waals surface area contributed by atoms with Crippen molar-refractivity contribution in [2.24, 2.45) is 0 Å². The van der Waals surface area contributed by atoms with Gasteiger partial charge in [-0.3, -0.25) is 9.05 Å². The molecule has 22 heavy (non-hydrogen) atoms. The quantitative estimate of drug-likeness (QED) is 0.452. The summed E-state index contributed by atoms with van der Waals surface area (Å²) in [7, 11) is -3.52. The van der Waals surface area contributed by atoms with Crippen LogP contribution in [0.15, 0.2) is 30.3 Å². The molecule has 0 N–H and O–H groups in total. The zero-order chi connectivity index (χ0) is 16.6. The molecule has 0 aliphatic carbocycles. The number of ether oxygens (including phenoxy) is 1. The van der Waals surface area contributed by atoms with E-state index >= 15 is 0 Å². The lowest BCUT2D eigenvalue weighted by Gasteiger charge is -2.17. The van der Waals surface area contributed by atoms with Gasteiger partial charge in [0.05, 0.1) is 17.8 Å². The topological polar surface area (TPSA) is 61.8 Å². The second-order valence-corrected chi connectivity index (χ2v) is 6.68. The fraction of sp³-hybridized carbons (Fsp3) is 0.438. The van der Waals surface area contributed by atoms with Gasteiger partial charge in [0.1, 0.15) is 0 Å². The van der Waals surface area contributed by atoms with Gasteiger partial charge in [-0.05, 0) is 45.7 Å². The van der Waals surface area contributed by atoms with Crippen LogP contribution in [0.25, 0.3) is 0 Å². The van der Waals surface area contributed by atoms with Gasteiger partial charge >= 0.3 is 13.6 Å². The first-order valence-electron chi connectivity index (χ1n) is 7.01. The Kier molecular flexibility index (Phi) is 7.34. The summed E-state index contributed by atoms with van der Waals surface area (Å²) in [5.41, 5.74) is 2.88. The van der Waals surface area contributed by atoms with Gasteiger partial charge < -0.3 is 4.74 Å². The standard InChI is InChI=1S/C16H21O5P/c1-13(2)20-22(18,21-14(3)4)12-8-11-19-16(17)15-9-6-5-7-10-15/h5-7,9-10,13-14H,11H2,1-4H3. The zero-order valence-electron chi connectivity index (χ0n) is 13.2. The van der Waals surface area contributed by atoms with Crippen LogP contribution in [0.4, 0.5) is 0 Å². The lowest BCUT2D eigenvalue weighted by Crippen LogP contribution is -2.07. The van der Waals surface area contributed by atoms with E-state index in [2.05, 4.69) is 11.6 Å². The molecule has 1 aromatic rings. The van der Waals surface area contributed by atoms with Crippen LogP contribution in [-0.4, -0.2) is 24.8 Å². The molecule has 0 unspecified atom stereocenters. The van der Waals surface area contributed by atoms with Crippen molar-refractivity contribution in [2.45, 2.75) is 39.9 Å². The summed E-state index contributed by atoms with van der Waals surface area (Å²) < 4.78 is 27.9. The molecule has 6 heteroatoms. The van der Waals surface area contributed by atoms with E-state index in [1.54, 1.807) is 58.0 Å². The van der Waals surface area contributed by atoms with Crippen LogP contribution in [0.5, 0.6) is 0 Å². The minimum absolute atomic E-state index is 0.180. The molecule has 1 aromatic carbocycles. The average Bonchev–Trinajstić information content (AvgIpc) is 2.42. The normalized spacial score (nSPS) is 11.2. The van der Waals surface area contributed by atoms with Crippen molar-refractivity contribution in [3.05, 3.63) is 35.9 Å². The zero-order valence-corrected chi connectivity index (χ0v) is 14.1. The van der Waals surface area contributed by atoms with Crippen molar-refractivity contribution in [1.82, 2.24) is 0 Å². The Morgan fingerprint density at radius 3 is 2.14 bits per heavy atom. The highest BCUT2D eigenvalue weighted by molar-refractivity contribution is 7.59. The van der Waals surface area contributed by atoms with Gasteiger partial charge in [0, 0.05) is 5.66 Å². The van der Waals surface area contributed by atoms with Crippen LogP contribution in [0.3, 0.4) is 0 Å². The molecule has 0 atom stereocenters. The molecule has 0 fully saturated rings. The van der Waals surface area contributed by atoms with E-state index in [9.17, 15) is 9.36 Å². The second-order valence-electron chi connectivity index (χ2n) is 5.04. The van der Waals surface area contributed by atoms with Crippen molar-refractivity contribution in [3.63, 3.8) is 0 Å². The molecule has 120 valence electrons. The summed E-state index contributed by atoms with van der Waals surface area (Å²) in [4.78, 5) is 11.7. The van der Waals surface area contributed by atoms with E-state index in [0.29, 0.717) is 5.56 Å². The molecule has 0 bridgehead atoms. The van der Waals surface area contributed by atoms with Crippen molar-refractivity contribution < 1.29 is 23.1 Å². The highest BCUT2D eigenvalue weighted by Gasteiger charge is 2.25. The van der Waals surface area contributed by atoms with E-state index < -0.39 is 13.6 Å². The van der Waals surface area contributed by atoms with Crippen molar-refractivity contribution in [2.75, 3.05) is 6.61 Å². The van der Waals surface area contributed by atoms with Crippen LogP contribution in [0, 0.1) is 11.6 Å². The van der Waals surface area contributed by atoms with Gasteiger partial charge in [0.2, 0.25) is 0 Å². The number of hydrogen-bond acceptors (Lipinski definition) is 5. The van der Waals surface area contributed by atoms with E-state index in [0.717, 1.165) is 0 Å². The van der Waals surface area contributed by atoms with Crippen molar-refractivity contribution in [1.29, 1.82) is 0 Å². The third kappa shape index (κ3) is 6.91. The number of benzene rings is 1. The maximum Gasteiger partial charge on any atom is 0.406 e. The van der Waals surface area contributed by atoms with Gasteiger partial charge in [-0.2, -0.15) is 0 Å². The summed E-state index contributed by atoms with van der Waals surface area (Å²) in [6.45, 7) is 6.79. The molecule has 0 heterocycles. The Balaban J connectivity index is 2.63. The highest BCUT2D eigenvalue weighted by Crippen LogP contribution is 2.49. The van der Waals surface area contributed by atoms with Gasteiger partial charge in [0.25, 0.3) is 0 Å². The average molecular weight is 324 g/mol. The smallest absolute Gasteiger partial charge is 0.406 e. The van der Waals surface area contributed by atoms with Crippen LogP contribution in [-0.2, 0) is 18.3 Å². The molecular weight excluding hydrogens is 303 g/mol. The van der Waals surface area contributed by atoms with Crippen LogP contribution in [0.1, 0.15) is 38.1 Å².